The summed E-state index contributed by atoms with van der Waals surface area (Å²) in [4.78, 5) is 14.0. The summed E-state index contributed by atoms with van der Waals surface area (Å²) in [5.41, 5.74) is 11.3. The Bertz CT molecular complexity index is 360. The third-order valence-electron chi connectivity index (χ3n) is 3.37. The summed E-state index contributed by atoms with van der Waals surface area (Å²) >= 11 is 0. The molecule has 1 aliphatic rings. The molecule has 1 heterocycles. The van der Waals surface area contributed by atoms with Crippen LogP contribution in [0.1, 0.15) is 26.7 Å². The van der Waals surface area contributed by atoms with Crippen LogP contribution in [0.2, 0.25) is 0 Å². The predicted octanol–water partition coefficient (Wildman–Crippen LogP) is 0.496. The summed E-state index contributed by atoms with van der Waals surface area (Å²) in [6.45, 7) is 4.99. The van der Waals surface area contributed by atoms with Crippen molar-refractivity contribution >= 4 is 5.91 Å². The zero-order chi connectivity index (χ0) is 13.8. The number of amides is 1. The standard InChI is InChI=1S/C13H24N4O/c1-13(2)6-8-17(11(15)5-4-7-14)12(18)10(9-13)16-3/h4-5,7,10,16H,6,8-9,14-15H2,1-3H3/b7-4-,11-5+. The van der Waals surface area contributed by atoms with Gasteiger partial charge in [0, 0.05) is 6.54 Å². The van der Waals surface area contributed by atoms with E-state index in [-0.39, 0.29) is 17.4 Å². The predicted molar refractivity (Wildman–Crippen MR) is 73.2 cm³/mol. The van der Waals surface area contributed by atoms with Gasteiger partial charge in [-0.1, -0.05) is 13.8 Å². The molecule has 0 saturated carbocycles. The van der Waals surface area contributed by atoms with Crippen LogP contribution in [0.3, 0.4) is 0 Å². The Morgan fingerprint density at radius 3 is 2.78 bits per heavy atom. The molecule has 1 amide bonds. The highest BCUT2D eigenvalue weighted by atomic mass is 16.2. The molecule has 1 rings (SSSR count). The van der Waals surface area contributed by atoms with E-state index in [1.807, 2.05) is 7.05 Å². The zero-order valence-electron chi connectivity index (χ0n) is 11.4. The number of allylic oxidation sites excluding steroid dienone is 2. The molecular formula is C13H24N4O. The number of nitrogens with zero attached hydrogens (tertiary/aromatic N) is 1. The molecule has 1 fully saturated rings. The van der Waals surface area contributed by atoms with Gasteiger partial charge in [-0.25, -0.2) is 0 Å². The first-order valence-corrected chi connectivity index (χ1v) is 6.24. The lowest BCUT2D eigenvalue weighted by Crippen LogP contribution is -2.45. The van der Waals surface area contributed by atoms with Crippen molar-refractivity contribution < 1.29 is 4.79 Å². The normalized spacial score (nSPS) is 25.5. The van der Waals surface area contributed by atoms with Crippen LogP contribution in [0.5, 0.6) is 0 Å². The molecule has 0 spiro atoms. The Labute approximate surface area is 109 Å². The van der Waals surface area contributed by atoms with Gasteiger partial charge >= 0.3 is 0 Å². The van der Waals surface area contributed by atoms with Gasteiger partial charge in [0.15, 0.2) is 0 Å². The Morgan fingerprint density at radius 2 is 2.22 bits per heavy atom. The summed E-state index contributed by atoms with van der Waals surface area (Å²) in [7, 11) is 1.81. The number of hydrogen-bond acceptors (Lipinski definition) is 4. The van der Waals surface area contributed by atoms with Gasteiger partial charge in [-0.2, -0.15) is 0 Å². The van der Waals surface area contributed by atoms with Crippen LogP contribution < -0.4 is 16.8 Å². The number of likely N-dealkylation sites (N-methyl/N-ethyl adjacent to an activating group) is 1. The molecular weight excluding hydrogens is 228 g/mol. The number of carbonyl (C=O) groups excluding carboxylic acids is 1. The Hall–Kier alpha value is -1.49. The van der Waals surface area contributed by atoms with Crippen LogP contribution in [0.15, 0.2) is 24.2 Å². The summed E-state index contributed by atoms with van der Waals surface area (Å²) in [6.07, 6.45) is 6.43. The van der Waals surface area contributed by atoms with Gasteiger partial charge in [-0.05, 0) is 43.7 Å². The minimum atomic E-state index is -0.184. The van der Waals surface area contributed by atoms with Gasteiger partial charge in [-0.15, -0.1) is 0 Å². The Kier molecular flexibility index (Phi) is 4.78. The smallest absolute Gasteiger partial charge is 0.245 e. The maximum Gasteiger partial charge on any atom is 0.245 e. The van der Waals surface area contributed by atoms with Gasteiger partial charge in [0.25, 0.3) is 0 Å². The minimum Gasteiger partial charge on any atom is -0.405 e. The highest BCUT2D eigenvalue weighted by Gasteiger charge is 2.35. The first kappa shape index (κ1) is 14.6. The van der Waals surface area contributed by atoms with E-state index in [9.17, 15) is 4.79 Å². The average molecular weight is 252 g/mol. The minimum absolute atomic E-state index is 0.0299. The fourth-order valence-corrected chi connectivity index (χ4v) is 2.18. The third-order valence-corrected chi connectivity index (χ3v) is 3.37. The van der Waals surface area contributed by atoms with Crippen molar-refractivity contribution in [3.8, 4) is 0 Å². The van der Waals surface area contributed by atoms with Crippen molar-refractivity contribution in [2.24, 2.45) is 16.9 Å². The summed E-state index contributed by atoms with van der Waals surface area (Å²) in [5, 5.41) is 3.07. The van der Waals surface area contributed by atoms with Gasteiger partial charge in [0.05, 0.1) is 6.04 Å². The second kappa shape index (κ2) is 5.91. The van der Waals surface area contributed by atoms with Gasteiger partial charge in [-0.3, -0.25) is 9.69 Å². The molecule has 102 valence electrons. The number of likely N-dealkylation sites (tertiary alicyclic amines) is 1. The lowest BCUT2D eigenvalue weighted by atomic mass is 9.83. The van der Waals surface area contributed by atoms with Crippen LogP contribution >= 0.6 is 0 Å². The summed E-state index contributed by atoms with van der Waals surface area (Å²) in [5.74, 6) is 0.474. The molecule has 5 nitrogen and oxygen atoms in total. The molecule has 0 aromatic rings. The quantitative estimate of drug-likeness (QED) is 0.638. The number of nitrogens with one attached hydrogen (secondary N) is 1. The van der Waals surface area contributed by atoms with E-state index in [0.29, 0.717) is 12.4 Å². The number of hydrogen-bond donors (Lipinski definition) is 3. The Morgan fingerprint density at radius 1 is 1.56 bits per heavy atom. The molecule has 1 unspecified atom stereocenters. The molecule has 0 aromatic heterocycles. The molecule has 0 radical (unpaired) electrons. The third kappa shape index (κ3) is 3.50. The number of rotatable bonds is 3. The van der Waals surface area contributed by atoms with Crippen molar-refractivity contribution in [1.29, 1.82) is 0 Å². The van der Waals surface area contributed by atoms with E-state index in [2.05, 4.69) is 19.2 Å². The molecule has 0 bridgehead atoms. The largest absolute Gasteiger partial charge is 0.405 e. The molecule has 5 heteroatoms. The lowest BCUT2D eigenvalue weighted by Gasteiger charge is -2.24. The van der Waals surface area contributed by atoms with Gasteiger partial charge in [0.2, 0.25) is 5.91 Å². The molecule has 1 aliphatic heterocycles. The van der Waals surface area contributed by atoms with E-state index in [0.717, 1.165) is 12.8 Å². The fraction of sp³-hybridized carbons (Fsp3) is 0.615. The molecule has 1 atom stereocenters. The van der Waals surface area contributed by atoms with Crippen LogP contribution in [-0.4, -0.2) is 30.4 Å². The number of carbonyl (C=O) groups is 1. The van der Waals surface area contributed by atoms with Crippen molar-refractivity contribution in [2.45, 2.75) is 32.7 Å². The van der Waals surface area contributed by atoms with Crippen LogP contribution in [0, 0.1) is 5.41 Å². The monoisotopic (exact) mass is 252 g/mol. The fourth-order valence-electron chi connectivity index (χ4n) is 2.18. The van der Waals surface area contributed by atoms with E-state index < -0.39 is 0 Å². The lowest BCUT2D eigenvalue weighted by molar-refractivity contribution is -0.131. The highest BCUT2D eigenvalue weighted by molar-refractivity contribution is 5.83. The second-order valence-electron chi connectivity index (χ2n) is 5.43. The summed E-state index contributed by atoms with van der Waals surface area (Å²) < 4.78 is 0. The molecule has 1 saturated heterocycles. The Balaban J connectivity index is 2.95. The van der Waals surface area contributed by atoms with E-state index in [1.165, 1.54) is 6.20 Å². The van der Waals surface area contributed by atoms with Crippen molar-refractivity contribution in [2.75, 3.05) is 13.6 Å². The maximum atomic E-state index is 12.4. The highest BCUT2D eigenvalue weighted by Crippen LogP contribution is 2.31. The van der Waals surface area contributed by atoms with Crippen molar-refractivity contribution in [1.82, 2.24) is 10.2 Å². The zero-order valence-corrected chi connectivity index (χ0v) is 11.4. The number of nitrogens with two attached hydrogens (primary N) is 2. The van der Waals surface area contributed by atoms with Crippen LogP contribution in [0.25, 0.3) is 0 Å². The second-order valence-corrected chi connectivity index (χ2v) is 5.43. The van der Waals surface area contributed by atoms with Gasteiger partial charge in [0.1, 0.15) is 5.82 Å². The molecule has 18 heavy (non-hydrogen) atoms. The maximum absolute atomic E-state index is 12.4. The first-order valence-electron chi connectivity index (χ1n) is 6.24. The van der Waals surface area contributed by atoms with Gasteiger partial charge < -0.3 is 16.8 Å². The van der Waals surface area contributed by atoms with E-state index >= 15 is 0 Å². The molecule has 0 aliphatic carbocycles. The molecule has 0 aromatic carbocycles. The average Bonchev–Trinajstić information content (AvgIpc) is 2.43. The van der Waals surface area contributed by atoms with E-state index in [1.54, 1.807) is 17.1 Å². The topological polar surface area (TPSA) is 84.4 Å². The summed E-state index contributed by atoms with van der Waals surface area (Å²) in [6, 6.07) is -0.184. The van der Waals surface area contributed by atoms with Crippen molar-refractivity contribution in [3.63, 3.8) is 0 Å². The van der Waals surface area contributed by atoms with Crippen LogP contribution in [0.4, 0.5) is 0 Å². The van der Waals surface area contributed by atoms with Crippen LogP contribution in [-0.2, 0) is 4.79 Å². The SMILES string of the molecule is CNC1CC(C)(C)CCN(/C(N)=C/C=C\N)C1=O. The van der Waals surface area contributed by atoms with E-state index in [4.69, 9.17) is 11.5 Å². The first-order chi connectivity index (χ1) is 8.41. The van der Waals surface area contributed by atoms with Crippen molar-refractivity contribution in [3.05, 3.63) is 24.2 Å². The molecule has 5 N–H and O–H groups in total.